The number of nitrogens with zero attached hydrogens (tertiary/aromatic N) is 1. The Morgan fingerprint density at radius 1 is 1.19 bits per heavy atom. The molecule has 3 heteroatoms. The van der Waals surface area contributed by atoms with E-state index in [1.54, 1.807) is 0 Å². The van der Waals surface area contributed by atoms with Crippen LogP contribution in [-0.2, 0) is 6.42 Å². The largest absolute Gasteiger partial charge is 0.508 e. The van der Waals surface area contributed by atoms with E-state index in [2.05, 4.69) is 30.1 Å². The van der Waals surface area contributed by atoms with Crippen LogP contribution in [0, 0.1) is 0 Å². The number of benzene rings is 1. The molecule has 1 unspecified atom stereocenters. The number of fused-ring (bicyclic) bond motifs is 1. The van der Waals surface area contributed by atoms with Crippen molar-refractivity contribution < 1.29 is 5.11 Å². The second-order valence-electron chi connectivity index (χ2n) is 6.90. The molecule has 0 spiro atoms. The fraction of sp³-hybridized carbons (Fsp3) is 0.667. The molecule has 116 valence electrons. The van der Waals surface area contributed by atoms with Gasteiger partial charge in [0.15, 0.2) is 0 Å². The summed E-state index contributed by atoms with van der Waals surface area (Å²) in [4.78, 5) is 2.57. The smallest absolute Gasteiger partial charge is 0.115 e. The van der Waals surface area contributed by atoms with E-state index in [1.807, 2.05) is 12.1 Å². The fourth-order valence-electron chi connectivity index (χ4n) is 3.84. The van der Waals surface area contributed by atoms with Gasteiger partial charge in [0.1, 0.15) is 5.75 Å². The molecule has 1 aliphatic carbocycles. The van der Waals surface area contributed by atoms with Gasteiger partial charge in [0.05, 0.1) is 0 Å². The summed E-state index contributed by atoms with van der Waals surface area (Å²) in [5, 5.41) is 13.5. The molecule has 1 aromatic rings. The molecular formula is C18H28N2O. The van der Waals surface area contributed by atoms with Crippen molar-refractivity contribution in [2.45, 2.75) is 64.1 Å². The molecule has 0 bridgehead atoms. The van der Waals surface area contributed by atoms with Crippen LogP contribution in [0.2, 0.25) is 0 Å². The molecule has 0 radical (unpaired) electrons. The summed E-state index contributed by atoms with van der Waals surface area (Å²) in [5.74, 6) is 0.402. The molecule has 1 heterocycles. The Hall–Kier alpha value is -1.06. The predicted octanol–water partition coefficient (Wildman–Crippen LogP) is 3.23. The Bertz CT molecular complexity index is 478. The zero-order valence-electron chi connectivity index (χ0n) is 13.3. The monoisotopic (exact) mass is 288 g/mol. The van der Waals surface area contributed by atoms with Crippen molar-refractivity contribution in [3.05, 3.63) is 29.3 Å². The number of likely N-dealkylation sites (tertiary alicyclic amines) is 1. The maximum absolute atomic E-state index is 9.65. The second kappa shape index (κ2) is 6.37. The van der Waals surface area contributed by atoms with Crippen molar-refractivity contribution in [3.8, 4) is 5.75 Å². The fourth-order valence-corrected chi connectivity index (χ4v) is 3.84. The van der Waals surface area contributed by atoms with E-state index in [-0.39, 0.29) is 0 Å². The Balaban J connectivity index is 1.62. The molecule has 1 fully saturated rings. The molecule has 1 saturated heterocycles. The molecule has 21 heavy (non-hydrogen) atoms. The van der Waals surface area contributed by atoms with Gasteiger partial charge < -0.3 is 15.3 Å². The van der Waals surface area contributed by atoms with Gasteiger partial charge in [-0.1, -0.05) is 6.07 Å². The maximum Gasteiger partial charge on any atom is 0.115 e. The SMILES string of the molecule is CC(C)N1CCC(NC2CCCc3cc(O)ccc32)CC1. The second-order valence-corrected chi connectivity index (χ2v) is 6.90. The van der Waals surface area contributed by atoms with E-state index >= 15 is 0 Å². The number of nitrogens with one attached hydrogen (secondary N) is 1. The Kier molecular flexibility index (Phi) is 4.51. The summed E-state index contributed by atoms with van der Waals surface area (Å²) >= 11 is 0. The van der Waals surface area contributed by atoms with Crippen molar-refractivity contribution in [3.63, 3.8) is 0 Å². The highest BCUT2D eigenvalue weighted by Crippen LogP contribution is 2.32. The Morgan fingerprint density at radius 2 is 1.95 bits per heavy atom. The van der Waals surface area contributed by atoms with E-state index in [4.69, 9.17) is 0 Å². The first kappa shape index (κ1) is 14.9. The van der Waals surface area contributed by atoms with Crippen molar-refractivity contribution in [1.29, 1.82) is 0 Å². The lowest BCUT2D eigenvalue weighted by molar-refractivity contribution is 0.155. The van der Waals surface area contributed by atoms with E-state index in [0.717, 1.165) is 6.42 Å². The van der Waals surface area contributed by atoms with Gasteiger partial charge in [0.25, 0.3) is 0 Å². The van der Waals surface area contributed by atoms with Gasteiger partial charge in [0, 0.05) is 18.1 Å². The van der Waals surface area contributed by atoms with Crippen molar-refractivity contribution in [1.82, 2.24) is 10.2 Å². The molecule has 0 saturated carbocycles. The van der Waals surface area contributed by atoms with Gasteiger partial charge >= 0.3 is 0 Å². The van der Waals surface area contributed by atoms with Crippen molar-refractivity contribution >= 4 is 0 Å². The van der Waals surface area contributed by atoms with Crippen LogP contribution in [0.25, 0.3) is 0 Å². The topological polar surface area (TPSA) is 35.5 Å². The molecule has 0 amide bonds. The van der Waals surface area contributed by atoms with Gasteiger partial charge in [-0.2, -0.15) is 0 Å². The number of aromatic hydroxyl groups is 1. The van der Waals surface area contributed by atoms with E-state index < -0.39 is 0 Å². The minimum Gasteiger partial charge on any atom is -0.508 e. The molecule has 0 aromatic heterocycles. The normalized spacial score (nSPS) is 24.2. The van der Waals surface area contributed by atoms with Gasteiger partial charge in [-0.25, -0.2) is 0 Å². The zero-order chi connectivity index (χ0) is 14.8. The molecular weight excluding hydrogens is 260 g/mol. The summed E-state index contributed by atoms with van der Waals surface area (Å²) < 4.78 is 0. The van der Waals surface area contributed by atoms with Crippen molar-refractivity contribution in [2.24, 2.45) is 0 Å². The lowest BCUT2D eigenvalue weighted by atomic mass is 9.86. The molecule has 3 rings (SSSR count). The standard InChI is InChI=1S/C18H28N2O/c1-13(2)20-10-8-15(9-11-20)19-18-5-3-4-14-12-16(21)6-7-17(14)18/h6-7,12-13,15,18-19,21H,3-5,8-11H2,1-2H3. The molecule has 3 nitrogen and oxygen atoms in total. The van der Waals surface area contributed by atoms with Crippen LogP contribution in [0.3, 0.4) is 0 Å². The Labute approximate surface area is 128 Å². The van der Waals surface area contributed by atoms with Gasteiger partial charge in [-0.05, 0) is 82.3 Å². The summed E-state index contributed by atoms with van der Waals surface area (Å²) in [6, 6.07) is 7.69. The first-order chi connectivity index (χ1) is 10.1. The number of hydrogen-bond donors (Lipinski definition) is 2. The number of hydrogen-bond acceptors (Lipinski definition) is 3. The van der Waals surface area contributed by atoms with Crippen molar-refractivity contribution in [2.75, 3.05) is 13.1 Å². The molecule has 2 aliphatic rings. The number of piperidine rings is 1. The predicted molar refractivity (Wildman–Crippen MR) is 86.7 cm³/mol. The van der Waals surface area contributed by atoms with E-state index in [0.29, 0.717) is 23.9 Å². The molecule has 1 aromatic carbocycles. The average Bonchev–Trinajstić information content (AvgIpc) is 2.47. The minimum atomic E-state index is 0.402. The highest BCUT2D eigenvalue weighted by atomic mass is 16.3. The summed E-state index contributed by atoms with van der Waals surface area (Å²) in [6.07, 6.45) is 6.05. The summed E-state index contributed by atoms with van der Waals surface area (Å²) in [5.41, 5.74) is 2.74. The molecule has 2 N–H and O–H groups in total. The number of aryl methyl sites for hydroxylation is 1. The number of phenols is 1. The maximum atomic E-state index is 9.65. The molecule has 1 aliphatic heterocycles. The van der Waals surface area contributed by atoms with E-state index in [9.17, 15) is 5.11 Å². The highest BCUT2D eigenvalue weighted by molar-refractivity contribution is 5.38. The van der Waals surface area contributed by atoms with Gasteiger partial charge in [-0.15, -0.1) is 0 Å². The summed E-state index contributed by atoms with van der Waals surface area (Å²) in [7, 11) is 0. The number of phenolic OH excluding ortho intramolecular Hbond substituents is 1. The third-order valence-electron chi connectivity index (χ3n) is 5.14. The zero-order valence-corrected chi connectivity index (χ0v) is 13.3. The lowest BCUT2D eigenvalue weighted by Gasteiger charge is -2.37. The van der Waals surface area contributed by atoms with E-state index in [1.165, 1.54) is 49.9 Å². The van der Waals surface area contributed by atoms with Crippen LogP contribution in [0.15, 0.2) is 18.2 Å². The van der Waals surface area contributed by atoms with Crippen LogP contribution in [0.4, 0.5) is 0 Å². The quantitative estimate of drug-likeness (QED) is 0.896. The van der Waals surface area contributed by atoms with Crippen LogP contribution in [0.1, 0.15) is 56.7 Å². The lowest BCUT2D eigenvalue weighted by Crippen LogP contribution is -2.46. The first-order valence-corrected chi connectivity index (χ1v) is 8.45. The van der Waals surface area contributed by atoms with Crippen LogP contribution in [-0.4, -0.2) is 35.2 Å². The molecule has 1 atom stereocenters. The minimum absolute atomic E-state index is 0.402. The van der Waals surface area contributed by atoms with Crippen LogP contribution >= 0.6 is 0 Å². The van der Waals surface area contributed by atoms with Crippen LogP contribution < -0.4 is 5.32 Å². The first-order valence-electron chi connectivity index (χ1n) is 8.45. The summed E-state index contributed by atoms with van der Waals surface area (Å²) in [6.45, 7) is 7.00. The third kappa shape index (κ3) is 3.41. The number of rotatable bonds is 3. The third-order valence-corrected chi connectivity index (χ3v) is 5.14. The van der Waals surface area contributed by atoms with Gasteiger partial charge in [-0.3, -0.25) is 0 Å². The Morgan fingerprint density at radius 3 is 2.67 bits per heavy atom. The highest BCUT2D eigenvalue weighted by Gasteiger charge is 2.26. The van der Waals surface area contributed by atoms with Gasteiger partial charge in [0.2, 0.25) is 0 Å². The van der Waals surface area contributed by atoms with Crippen LogP contribution in [0.5, 0.6) is 5.75 Å². The average molecular weight is 288 g/mol.